The molecular weight excluding hydrogens is 1020 g/mol. The van der Waals surface area contributed by atoms with Gasteiger partial charge in [-0.3, -0.25) is 49.3 Å². The average Bonchev–Trinajstić information content (AvgIpc) is 4.54. The Morgan fingerprint density at radius 3 is 1.56 bits per heavy atom. The number of nitro groups is 1. The summed E-state index contributed by atoms with van der Waals surface area (Å²) in [6, 6.07) is 41.9. The Bertz CT molecular complexity index is 3860. The van der Waals surface area contributed by atoms with E-state index >= 15 is 0 Å². The number of hydrogen-bond donors (Lipinski definition) is 8. The Hall–Kier alpha value is -9.10. The number of aromatic amines is 3. The molecule has 10 N–H and O–H groups in total. The molecule has 6 aromatic carbocycles. The number of carbonyl (C=O) groups is 4. The monoisotopic (exact) mass is 1080 g/mol. The number of likely N-dealkylation sites (tertiary alicyclic amines) is 3. The molecule has 0 spiro atoms. The second kappa shape index (κ2) is 22.6. The van der Waals surface area contributed by atoms with Gasteiger partial charge >= 0.3 is 0 Å². The Kier molecular flexibility index (Phi) is 14.7. The summed E-state index contributed by atoms with van der Waals surface area (Å²) in [4.78, 5) is 75.1. The first-order valence-corrected chi connectivity index (χ1v) is 27.9. The van der Waals surface area contributed by atoms with Crippen molar-refractivity contribution < 1.29 is 24.1 Å². The highest BCUT2D eigenvalue weighted by molar-refractivity contribution is 6.21. The van der Waals surface area contributed by atoms with E-state index in [1.165, 1.54) is 114 Å². The third-order valence-corrected chi connectivity index (χ3v) is 16.3. The summed E-state index contributed by atoms with van der Waals surface area (Å²) in [6.45, 7) is 9.91. The van der Waals surface area contributed by atoms with Gasteiger partial charge in [0.15, 0.2) is 0 Å². The predicted molar refractivity (Wildman–Crippen MR) is 314 cm³/mol. The third kappa shape index (κ3) is 10.9. The van der Waals surface area contributed by atoms with Crippen LogP contribution in [-0.4, -0.2) is 97.5 Å². The fourth-order valence-electron chi connectivity index (χ4n) is 12.4. The second-order valence-electron chi connectivity index (χ2n) is 21.7. The number of nitrogens with zero attached hydrogens (tertiary/aromatic N) is 4. The predicted octanol–water partition coefficient (Wildman–Crippen LogP) is 9.60. The number of nitro benzene ring substituents is 1. The number of nitrogens with two attached hydrogens (primary N) is 2. The molecule has 2 unspecified atom stereocenters. The molecule has 3 saturated heterocycles. The van der Waals surface area contributed by atoms with E-state index in [0.717, 1.165) is 79.6 Å². The number of nitrogens with one attached hydrogen (secondary N) is 6. The summed E-state index contributed by atoms with van der Waals surface area (Å²) in [5.74, 6) is -1.18. The molecule has 0 radical (unpaired) electrons. The van der Waals surface area contributed by atoms with Crippen molar-refractivity contribution in [3.05, 3.63) is 205 Å². The third-order valence-electron chi connectivity index (χ3n) is 16.3. The van der Waals surface area contributed by atoms with Crippen LogP contribution in [0.5, 0.6) is 0 Å². The second-order valence-corrected chi connectivity index (χ2v) is 21.7. The van der Waals surface area contributed by atoms with Gasteiger partial charge in [-0.1, -0.05) is 60.7 Å². The number of nitrogen functional groups attached to an aromatic ring is 2. The van der Waals surface area contributed by atoms with Gasteiger partial charge in [0.1, 0.15) is 0 Å². The van der Waals surface area contributed by atoms with Crippen LogP contribution in [0.4, 0.5) is 17.1 Å². The fraction of sp³-hybridized carbons (Fsp3) is 0.270. The number of hydrogen-bond acceptors (Lipinski definition) is 11. The number of non-ortho nitro benzene ring substituents is 1. The summed E-state index contributed by atoms with van der Waals surface area (Å²) < 4.78 is 0. The number of rotatable bonds is 9. The van der Waals surface area contributed by atoms with Crippen molar-refractivity contribution in [2.45, 2.75) is 70.2 Å². The highest BCUT2D eigenvalue weighted by Crippen LogP contribution is 2.40. The Morgan fingerprint density at radius 1 is 0.469 bits per heavy atom. The van der Waals surface area contributed by atoms with Crippen molar-refractivity contribution >= 4 is 73.4 Å². The SMILES string of the molecule is Nc1ccc2c(c1)C(=O)NC2c1c(CN2CCCC2)[nH]c2ccccc12.Nc1ccc2c(c1)C(c1c(CN3CCCC3)[nH]c3ccccc13)NC2=O.O=C1NC(=O)c2cc([N+](=O)[O-])ccc21.c1ccc2[nH]c(CN3CCCC3)cc2c1. The molecule has 2 atom stereocenters. The Balaban J connectivity index is 0.000000111. The minimum Gasteiger partial charge on any atom is -0.399 e. The van der Waals surface area contributed by atoms with Gasteiger partial charge in [0.05, 0.1) is 28.1 Å². The molecule has 6 aliphatic heterocycles. The Labute approximate surface area is 467 Å². The molecule has 6 aliphatic rings. The smallest absolute Gasteiger partial charge is 0.270 e. The van der Waals surface area contributed by atoms with Crippen LogP contribution in [0.2, 0.25) is 0 Å². The van der Waals surface area contributed by atoms with Gasteiger partial charge in [-0.2, -0.15) is 0 Å². The Morgan fingerprint density at radius 2 is 0.963 bits per heavy atom. The van der Waals surface area contributed by atoms with E-state index in [1.54, 1.807) is 12.1 Å². The first-order chi connectivity index (χ1) is 39.4. The van der Waals surface area contributed by atoms with E-state index in [2.05, 4.69) is 107 Å². The van der Waals surface area contributed by atoms with Crippen LogP contribution in [0, 0.1) is 10.1 Å². The van der Waals surface area contributed by atoms with Crippen LogP contribution in [0.25, 0.3) is 32.7 Å². The van der Waals surface area contributed by atoms with E-state index in [0.29, 0.717) is 16.9 Å². The van der Waals surface area contributed by atoms with E-state index < -0.39 is 16.7 Å². The molecule has 18 heteroatoms. The highest BCUT2D eigenvalue weighted by Gasteiger charge is 2.36. The van der Waals surface area contributed by atoms with E-state index in [1.807, 2.05) is 41.7 Å². The molecule has 3 fully saturated rings. The van der Waals surface area contributed by atoms with Crippen molar-refractivity contribution in [3.63, 3.8) is 0 Å². The number of anilines is 2. The summed E-state index contributed by atoms with van der Waals surface area (Å²) >= 11 is 0. The van der Waals surface area contributed by atoms with Gasteiger partial charge in [0.2, 0.25) is 0 Å². The lowest BCUT2D eigenvalue weighted by Crippen LogP contribution is -2.23. The van der Waals surface area contributed by atoms with Crippen molar-refractivity contribution in [2.24, 2.45) is 0 Å². The van der Waals surface area contributed by atoms with Gasteiger partial charge in [0.25, 0.3) is 29.3 Å². The summed E-state index contributed by atoms with van der Waals surface area (Å²) in [5, 5.41) is 22.4. The molecule has 9 aromatic rings. The number of fused-ring (bicyclic) bond motifs is 6. The van der Waals surface area contributed by atoms with Crippen LogP contribution in [0.15, 0.2) is 133 Å². The molecule has 15 rings (SSSR count). The standard InChI is InChI=1S/2C21H22N4O.C13H16N2.C8H4N2O4/c22-13-7-8-14-16(11-13)20(24-21(14)26)19-15-5-1-2-6-17(15)23-18(19)12-25-9-3-4-10-25;22-13-7-8-14-16(11-13)21(26)24-20(14)19-15-5-1-2-6-17(15)23-18(19)12-25-9-3-4-10-25;1-2-6-13-11(5-1)9-12(14-13)10-15-7-3-4-8-15;11-7-5-2-1-4(10(13)14)3-6(5)8(12)9-7/h2*1-2,5-8,11,20,23H,3-4,9-10,12,22H2,(H,24,26);1-2,5-6,9,14H,3-4,7-8,10H2;1-3H,(H,9,11,12). The fourth-order valence-corrected chi connectivity index (χ4v) is 12.4. The van der Waals surface area contributed by atoms with Crippen molar-refractivity contribution in [1.29, 1.82) is 0 Å². The minimum atomic E-state index is -0.615. The molecule has 3 aromatic heterocycles. The number of amides is 4. The number of imide groups is 1. The van der Waals surface area contributed by atoms with Crippen LogP contribution >= 0.6 is 0 Å². The van der Waals surface area contributed by atoms with E-state index in [9.17, 15) is 29.3 Å². The first kappa shape index (κ1) is 52.6. The van der Waals surface area contributed by atoms with E-state index in [4.69, 9.17) is 11.5 Å². The topological polar surface area (TPSA) is 257 Å². The molecule has 81 heavy (non-hydrogen) atoms. The summed E-state index contributed by atoms with van der Waals surface area (Å²) in [5.41, 5.74) is 26.2. The van der Waals surface area contributed by atoms with E-state index in [-0.39, 0.29) is 40.7 Å². The van der Waals surface area contributed by atoms with Crippen LogP contribution in [0.1, 0.15) is 131 Å². The van der Waals surface area contributed by atoms with Gasteiger partial charge in [-0.15, -0.1) is 0 Å². The summed E-state index contributed by atoms with van der Waals surface area (Å²) in [7, 11) is 0. The van der Waals surface area contributed by atoms with Crippen molar-refractivity contribution in [2.75, 3.05) is 50.7 Å². The quantitative estimate of drug-likeness (QED) is 0.0292. The number of carbonyl (C=O) groups excluding carboxylic acids is 4. The summed E-state index contributed by atoms with van der Waals surface area (Å²) in [6.07, 6.45) is 7.76. The number of H-pyrrole nitrogens is 3. The number of benzene rings is 6. The van der Waals surface area contributed by atoms with Crippen LogP contribution in [0.3, 0.4) is 0 Å². The molecule has 0 saturated carbocycles. The lowest BCUT2D eigenvalue weighted by molar-refractivity contribution is -0.384. The van der Waals surface area contributed by atoms with Gasteiger partial charge < -0.3 is 37.1 Å². The molecule has 9 heterocycles. The van der Waals surface area contributed by atoms with Crippen LogP contribution < -0.4 is 27.4 Å². The lowest BCUT2D eigenvalue weighted by Gasteiger charge is -2.18. The highest BCUT2D eigenvalue weighted by atomic mass is 16.6. The maximum absolute atomic E-state index is 12.5. The average molecular weight is 1090 g/mol. The van der Waals surface area contributed by atoms with Crippen LogP contribution in [-0.2, 0) is 19.6 Å². The minimum absolute atomic E-state index is 0.0256. The van der Waals surface area contributed by atoms with Crippen molar-refractivity contribution in [1.82, 2.24) is 45.6 Å². The largest absolute Gasteiger partial charge is 0.399 e. The molecule has 0 bridgehead atoms. The van der Waals surface area contributed by atoms with Gasteiger partial charge in [-0.05, 0) is 155 Å². The maximum atomic E-state index is 12.5. The zero-order chi connectivity index (χ0) is 55.7. The number of para-hydroxylation sites is 3. The van der Waals surface area contributed by atoms with Crippen molar-refractivity contribution in [3.8, 4) is 0 Å². The maximum Gasteiger partial charge on any atom is 0.270 e. The zero-order valence-corrected chi connectivity index (χ0v) is 44.9. The molecule has 412 valence electrons. The molecule has 0 aliphatic carbocycles. The first-order valence-electron chi connectivity index (χ1n) is 27.9. The molecule has 4 amide bonds. The zero-order valence-electron chi connectivity index (χ0n) is 44.9. The van der Waals surface area contributed by atoms with Gasteiger partial charge in [-0.25, -0.2) is 0 Å². The molecular formula is C63H64N12O6. The molecule has 18 nitrogen and oxygen atoms in total. The lowest BCUT2D eigenvalue weighted by atomic mass is 9.95. The normalized spacial score (nSPS) is 18.4. The van der Waals surface area contributed by atoms with Gasteiger partial charge in [0, 0.05) is 110 Å². The number of aromatic nitrogens is 3.